The lowest BCUT2D eigenvalue weighted by atomic mass is 10.0. The second kappa shape index (κ2) is 12.4. The van der Waals surface area contributed by atoms with Crippen molar-refractivity contribution in [3.8, 4) is 5.75 Å². The molecule has 6 heteroatoms. The largest absolute Gasteiger partial charge is 0.497 e. The van der Waals surface area contributed by atoms with E-state index in [4.69, 9.17) is 9.73 Å². The van der Waals surface area contributed by atoms with E-state index >= 15 is 0 Å². The Kier molecular flexibility index (Phi) is 10.9. The van der Waals surface area contributed by atoms with Crippen LogP contribution in [0.5, 0.6) is 5.75 Å². The molecule has 2 rings (SSSR count). The van der Waals surface area contributed by atoms with E-state index in [1.807, 2.05) is 12.1 Å². The zero-order valence-corrected chi connectivity index (χ0v) is 18.1. The number of hydrogen-bond donors (Lipinski definition) is 2. The number of benzene rings is 1. The molecular formula is C19H33IN4O. The summed E-state index contributed by atoms with van der Waals surface area (Å²) in [4.78, 5) is 7.28. The third kappa shape index (κ3) is 7.40. The summed E-state index contributed by atoms with van der Waals surface area (Å²) >= 11 is 0. The van der Waals surface area contributed by atoms with Gasteiger partial charge in [-0.3, -0.25) is 4.90 Å². The normalized spacial score (nSPS) is 18.4. The fourth-order valence-electron chi connectivity index (χ4n) is 3.17. The van der Waals surface area contributed by atoms with E-state index in [2.05, 4.69) is 41.5 Å². The van der Waals surface area contributed by atoms with E-state index in [0.29, 0.717) is 12.6 Å². The molecule has 1 atom stereocenters. The number of likely N-dealkylation sites (N-methyl/N-ethyl adjacent to an activating group) is 1. The zero-order valence-electron chi connectivity index (χ0n) is 15.8. The quantitative estimate of drug-likeness (QED) is 0.373. The summed E-state index contributed by atoms with van der Waals surface area (Å²) in [5.41, 5.74) is 1.18. The SMILES string of the molecule is CCNC(=NCc1ccc(OC)cc1)NCC1CCCCN1CC.I. The minimum Gasteiger partial charge on any atom is -0.497 e. The molecule has 1 aliphatic rings. The Balaban J connectivity index is 0.00000312. The van der Waals surface area contributed by atoms with Crippen LogP contribution in [0.1, 0.15) is 38.7 Å². The van der Waals surface area contributed by atoms with Gasteiger partial charge in [0.05, 0.1) is 13.7 Å². The predicted molar refractivity (Wildman–Crippen MR) is 116 cm³/mol. The number of likely N-dealkylation sites (tertiary alicyclic amines) is 1. The van der Waals surface area contributed by atoms with Gasteiger partial charge in [-0.05, 0) is 50.6 Å². The average Bonchev–Trinajstić information content (AvgIpc) is 2.64. The molecular weight excluding hydrogens is 427 g/mol. The Morgan fingerprint density at radius 3 is 2.60 bits per heavy atom. The molecule has 0 radical (unpaired) electrons. The highest BCUT2D eigenvalue weighted by Gasteiger charge is 2.20. The highest BCUT2D eigenvalue weighted by molar-refractivity contribution is 14.0. The smallest absolute Gasteiger partial charge is 0.191 e. The Morgan fingerprint density at radius 2 is 1.96 bits per heavy atom. The van der Waals surface area contributed by atoms with Gasteiger partial charge in [0, 0.05) is 19.1 Å². The van der Waals surface area contributed by atoms with Crippen LogP contribution in [0.15, 0.2) is 29.3 Å². The predicted octanol–water partition coefficient (Wildman–Crippen LogP) is 3.24. The van der Waals surface area contributed by atoms with Gasteiger partial charge in [0.2, 0.25) is 0 Å². The van der Waals surface area contributed by atoms with Crippen molar-refractivity contribution in [1.82, 2.24) is 15.5 Å². The van der Waals surface area contributed by atoms with Crippen molar-refractivity contribution in [2.24, 2.45) is 4.99 Å². The lowest BCUT2D eigenvalue weighted by Crippen LogP contribution is -2.49. The first-order valence-corrected chi connectivity index (χ1v) is 9.16. The molecule has 1 fully saturated rings. The summed E-state index contributed by atoms with van der Waals surface area (Å²) in [6.07, 6.45) is 3.94. The van der Waals surface area contributed by atoms with Crippen LogP contribution >= 0.6 is 24.0 Å². The Hall–Kier alpha value is -1.02. The number of nitrogens with one attached hydrogen (secondary N) is 2. The summed E-state index contributed by atoms with van der Waals surface area (Å²) < 4.78 is 5.19. The van der Waals surface area contributed by atoms with Gasteiger partial charge in [0.1, 0.15) is 5.75 Å². The van der Waals surface area contributed by atoms with Crippen LogP contribution in [0.25, 0.3) is 0 Å². The third-order valence-corrected chi connectivity index (χ3v) is 4.58. The van der Waals surface area contributed by atoms with Crippen LogP contribution in [0, 0.1) is 0 Å². The third-order valence-electron chi connectivity index (χ3n) is 4.58. The Bertz CT molecular complexity index is 507. The number of nitrogens with zero attached hydrogens (tertiary/aromatic N) is 2. The van der Waals surface area contributed by atoms with E-state index in [1.165, 1.54) is 31.4 Å². The molecule has 1 aromatic carbocycles. The van der Waals surface area contributed by atoms with Gasteiger partial charge in [0.25, 0.3) is 0 Å². The van der Waals surface area contributed by atoms with Gasteiger partial charge in [-0.1, -0.05) is 25.5 Å². The second-order valence-electron chi connectivity index (χ2n) is 6.20. The minimum absolute atomic E-state index is 0. The second-order valence-corrected chi connectivity index (χ2v) is 6.20. The molecule has 25 heavy (non-hydrogen) atoms. The first-order chi connectivity index (χ1) is 11.8. The van der Waals surface area contributed by atoms with Gasteiger partial charge >= 0.3 is 0 Å². The van der Waals surface area contributed by atoms with Gasteiger partial charge in [-0.15, -0.1) is 24.0 Å². The summed E-state index contributed by atoms with van der Waals surface area (Å²) in [7, 11) is 1.69. The highest BCUT2D eigenvalue weighted by atomic mass is 127. The lowest BCUT2D eigenvalue weighted by Gasteiger charge is -2.35. The Labute approximate surface area is 169 Å². The van der Waals surface area contributed by atoms with Crippen LogP contribution in [0.3, 0.4) is 0 Å². The maximum atomic E-state index is 5.19. The number of rotatable bonds is 7. The molecule has 0 aromatic heterocycles. The molecule has 0 aliphatic carbocycles. The van der Waals surface area contributed by atoms with E-state index in [-0.39, 0.29) is 24.0 Å². The van der Waals surface area contributed by atoms with Crippen molar-refractivity contribution < 1.29 is 4.74 Å². The molecule has 1 unspecified atom stereocenters. The highest BCUT2D eigenvalue weighted by Crippen LogP contribution is 2.15. The van der Waals surface area contributed by atoms with Crippen LogP contribution in [0.4, 0.5) is 0 Å². The summed E-state index contributed by atoms with van der Waals surface area (Å²) in [5, 5.41) is 6.86. The number of halogens is 1. The zero-order chi connectivity index (χ0) is 17.2. The fourth-order valence-corrected chi connectivity index (χ4v) is 3.17. The monoisotopic (exact) mass is 460 g/mol. The molecule has 1 saturated heterocycles. The van der Waals surface area contributed by atoms with Crippen molar-refractivity contribution in [1.29, 1.82) is 0 Å². The minimum atomic E-state index is 0. The van der Waals surface area contributed by atoms with E-state index in [1.54, 1.807) is 7.11 Å². The molecule has 0 spiro atoms. The first kappa shape index (κ1) is 22.0. The van der Waals surface area contributed by atoms with Gasteiger partial charge in [-0.2, -0.15) is 0 Å². The van der Waals surface area contributed by atoms with Crippen molar-refractivity contribution in [2.75, 3.05) is 33.3 Å². The van der Waals surface area contributed by atoms with E-state index in [0.717, 1.165) is 31.3 Å². The van der Waals surface area contributed by atoms with Crippen molar-refractivity contribution in [2.45, 2.75) is 45.7 Å². The Morgan fingerprint density at radius 1 is 1.20 bits per heavy atom. The molecule has 142 valence electrons. The summed E-state index contributed by atoms with van der Waals surface area (Å²) in [6, 6.07) is 8.70. The molecule has 0 amide bonds. The maximum Gasteiger partial charge on any atom is 0.191 e. The van der Waals surface area contributed by atoms with Crippen LogP contribution in [0.2, 0.25) is 0 Å². The van der Waals surface area contributed by atoms with Gasteiger partial charge < -0.3 is 15.4 Å². The number of methoxy groups -OCH3 is 1. The van der Waals surface area contributed by atoms with Crippen LogP contribution in [-0.4, -0.2) is 50.2 Å². The number of hydrogen-bond acceptors (Lipinski definition) is 3. The topological polar surface area (TPSA) is 48.9 Å². The molecule has 5 nitrogen and oxygen atoms in total. The molecule has 1 heterocycles. The van der Waals surface area contributed by atoms with E-state index in [9.17, 15) is 0 Å². The number of ether oxygens (including phenoxy) is 1. The lowest BCUT2D eigenvalue weighted by molar-refractivity contribution is 0.157. The van der Waals surface area contributed by atoms with Crippen LogP contribution in [-0.2, 0) is 6.54 Å². The molecule has 1 aromatic rings. The summed E-state index contributed by atoms with van der Waals surface area (Å²) in [5.74, 6) is 1.78. The summed E-state index contributed by atoms with van der Waals surface area (Å²) in [6.45, 7) is 9.21. The fraction of sp³-hybridized carbons (Fsp3) is 0.632. The molecule has 0 bridgehead atoms. The first-order valence-electron chi connectivity index (χ1n) is 9.16. The van der Waals surface area contributed by atoms with Crippen molar-refractivity contribution in [3.05, 3.63) is 29.8 Å². The molecule has 2 N–H and O–H groups in total. The van der Waals surface area contributed by atoms with E-state index < -0.39 is 0 Å². The standard InChI is InChI=1S/C19H32N4O.HI/c1-4-20-19(21-14-16-9-11-18(24-3)12-10-16)22-15-17-8-6-7-13-23(17)5-2;/h9-12,17H,4-8,13-15H2,1-3H3,(H2,20,21,22);1H. The van der Waals surface area contributed by atoms with Gasteiger partial charge in [0.15, 0.2) is 5.96 Å². The van der Waals surface area contributed by atoms with Crippen LogP contribution < -0.4 is 15.4 Å². The van der Waals surface area contributed by atoms with Gasteiger partial charge in [-0.25, -0.2) is 4.99 Å². The van der Waals surface area contributed by atoms with Crippen molar-refractivity contribution in [3.63, 3.8) is 0 Å². The number of aliphatic imine (C=N–C) groups is 1. The maximum absolute atomic E-state index is 5.19. The molecule has 0 saturated carbocycles. The number of piperidine rings is 1. The molecule has 1 aliphatic heterocycles. The average molecular weight is 460 g/mol. The van der Waals surface area contributed by atoms with Crippen molar-refractivity contribution >= 4 is 29.9 Å². The number of guanidine groups is 1.